The third-order valence-corrected chi connectivity index (χ3v) is 10.3. The minimum atomic E-state index is -5.52. The fraction of sp³-hybridized carbons (Fsp3) is 0.652. The number of hydrogen-bond donors (Lipinski definition) is 7. The zero-order valence-electron chi connectivity index (χ0n) is 22.7. The van der Waals surface area contributed by atoms with Crippen LogP contribution in [-0.4, -0.2) is 84.8 Å². The van der Waals surface area contributed by atoms with Crippen LogP contribution in [-0.2, 0) is 25.1 Å². The largest absolute Gasteiger partial charge is 0.521 e. The maximum atomic E-state index is 13.2. The quantitative estimate of drug-likeness (QED) is 0.0633. The summed E-state index contributed by atoms with van der Waals surface area (Å²) in [5.41, 5.74) is 6.61. The molecular weight excluding hydrogens is 611 g/mol. The van der Waals surface area contributed by atoms with Crippen LogP contribution < -0.4 is 15.5 Å². The molecule has 40 heavy (non-hydrogen) atoms. The van der Waals surface area contributed by atoms with E-state index in [1.165, 1.54) is 0 Å². The number of carbonyl (C=O) groups excluding carboxylic acids is 2. The molecule has 1 atom stereocenters. The summed E-state index contributed by atoms with van der Waals surface area (Å²) in [4.78, 5) is 62.3. The number of nitrogens with two attached hydrogens (primary N) is 1. The van der Waals surface area contributed by atoms with E-state index in [0.717, 1.165) is 0 Å². The molecule has 13 nitrogen and oxygen atoms in total. The van der Waals surface area contributed by atoms with Gasteiger partial charge in [-0.25, -0.2) is 0 Å². The highest BCUT2D eigenvalue weighted by Crippen LogP contribution is 2.69. The van der Waals surface area contributed by atoms with E-state index in [-0.39, 0.29) is 55.1 Å². The van der Waals surface area contributed by atoms with Gasteiger partial charge in [0.05, 0.1) is 17.8 Å². The Hall–Kier alpha value is -1.08. The van der Waals surface area contributed by atoms with Crippen molar-refractivity contribution in [2.24, 2.45) is 5.73 Å². The minimum Gasteiger partial charge on any atom is -0.414 e. The Bertz CT molecular complexity index is 1060. The topological polar surface area (TPSA) is 217 Å². The summed E-state index contributed by atoms with van der Waals surface area (Å²) in [5.74, 6) is -0.158. The number of hydrogen-bond acceptors (Lipinski definition) is 7. The first-order valence-electron chi connectivity index (χ1n) is 12.4. The third kappa shape index (κ3) is 10.0. The molecule has 2 amide bonds. The second-order valence-electron chi connectivity index (χ2n) is 10.4. The maximum absolute atomic E-state index is 13.2. The van der Waals surface area contributed by atoms with Crippen molar-refractivity contribution < 1.29 is 48.1 Å². The average Bonchev–Trinajstić information content (AvgIpc) is 2.81. The molecule has 0 aromatic heterocycles. The number of nitrogens with one attached hydrogen (secondary N) is 1. The number of aliphatic hydroxyl groups is 1. The minimum absolute atomic E-state index is 0.00336. The van der Waals surface area contributed by atoms with Crippen LogP contribution >= 0.6 is 38.4 Å². The summed E-state index contributed by atoms with van der Waals surface area (Å²) in [6.07, 6.45) is -1.32. The van der Waals surface area contributed by atoms with Crippen LogP contribution in [0, 0.1) is 0 Å². The number of ether oxygens (including phenoxy) is 1. The van der Waals surface area contributed by atoms with Crippen molar-refractivity contribution in [1.29, 1.82) is 0 Å². The number of rotatable bonds is 15. The van der Waals surface area contributed by atoms with Crippen molar-refractivity contribution in [3.05, 3.63) is 29.8 Å². The van der Waals surface area contributed by atoms with E-state index in [1.807, 2.05) is 0 Å². The normalized spacial score (nSPS) is 14.1. The van der Waals surface area contributed by atoms with Gasteiger partial charge in [-0.2, -0.15) is 9.28 Å². The van der Waals surface area contributed by atoms with Crippen molar-refractivity contribution in [2.75, 3.05) is 31.4 Å². The van der Waals surface area contributed by atoms with Crippen LogP contribution in [0.2, 0.25) is 0 Å². The fourth-order valence-electron chi connectivity index (χ4n) is 3.85. The van der Waals surface area contributed by atoms with E-state index in [9.17, 15) is 23.8 Å². The molecule has 0 saturated carbocycles. The lowest BCUT2D eigenvalue weighted by Crippen LogP contribution is -2.58. The van der Waals surface area contributed by atoms with Gasteiger partial charge in [0.2, 0.25) is 5.91 Å². The number of carbonyl (C=O) groups is 2. The monoisotopic (exact) mass is 650 g/mol. The maximum Gasteiger partial charge on any atom is 0.521 e. The van der Waals surface area contributed by atoms with Crippen molar-refractivity contribution in [2.45, 2.75) is 63.2 Å². The lowest BCUT2D eigenvalue weighted by atomic mass is 10.0. The summed E-state index contributed by atoms with van der Waals surface area (Å²) >= 11 is 12.1. The van der Waals surface area contributed by atoms with Crippen LogP contribution in [0.4, 0.5) is 10.5 Å². The molecule has 1 aromatic carbocycles. The zero-order chi connectivity index (χ0) is 31.0. The highest BCUT2D eigenvalue weighted by molar-refractivity contribution is 7.72. The van der Waals surface area contributed by atoms with Gasteiger partial charge in [-0.05, 0) is 52.0 Å². The first kappa shape index (κ1) is 36.9. The molecule has 8 N–H and O–H groups in total. The fourth-order valence-corrected chi connectivity index (χ4v) is 6.68. The van der Waals surface area contributed by atoms with Gasteiger partial charge in [0.25, 0.3) is 5.08 Å². The van der Waals surface area contributed by atoms with E-state index >= 15 is 0 Å². The molecule has 0 fully saturated rings. The van der Waals surface area contributed by atoms with E-state index in [1.54, 1.807) is 45.0 Å². The van der Waals surface area contributed by atoms with Gasteiger partial charge in [0.15, 0.2) is 0 Å². The molecule has 0 bridgehead atoms. The predicted octanol–water partition coefficient (Wildman–Crippen LogP) is 2.56. The van der Waals surface area contributed by atoms with Crippen molar-refractivity contribution in [3.63, 3.8) is 0 Å². The van der Waals surface area contributed by atoms with Crippen LogP contribution in [0.15, 0.2) is 24.3 Å². The Morgan fingerprint density at radius 3 is 1.93 bits per heavy atom. The number of amides is 2. The van der Waals surface area contributed by atoms with Gasteiger partial charge in [0, 0.05) is 18.7 Å². The molecule has 0 saturated heterocycles. The molecular formula is C23H40Cl2N3O10P2+. The van der Waals surface area contributed by atoms with Crippen LogP contribution in [0.5, 0.6) is 0 Å². The Morgan fingerprint density at radius 2 is 1.50 bits per heavy atom. The van der Waals surface area contributed by atoms with Crippen LogP contribution in [0.25, 0.3) is 0 Å². The molecule has 0 unspecified atom stereocenters. The van der Waals surface area contributed by atoms with Crippen molar-refractivity contribution in [1.82, 2.24) is 9.80 Å². The van der Waals surface area contributed by atoms with E-state index in [4.69, 9.17) is 53.2 Å². The zero-order valence-corrected chi connectivity index (χ0v) is 26.0. The molecule has 0 aliphatic rings. The standard InChI is InChI=1S/C23H39Cl2N3O10P2/c1-22(2,3)38-21(30)28(14-11-24,15-12-25)18-8-6-17(7-9-18)16-19(26)20(29)27-13-5-4-10-23(31,39(32,33)34)40(35,36)37/h6-9,19,31H,4-5,10-16,26H2,1-3H3,(H4-,27,29,32,33,34,35,36,37)/p+1/t19-/m0/s1. The molecule has 0 aliphatic carbocycles. The van der Waals surface area contributed by atoms with Gasteiger partial charge < -0.3 is 40.5 Å². The molecule has 230 valence electrons. The Balaban J connectivity index is 2.82. The molecule has 1 aromatic rings. The van der Waals surface area contributed by atoms with Gasteiger partial charge in [-0.3, -0.25) is 13.9 Å². The highest BCUT2D eigenvalue weighted by Gasteiger charge is 2.58. The summed E-state index contributed by atoms with van der Waals surface area (Å²) < 4.78 is 28.2. The molecule has 17 heteroatoms. The van der Waals surface area contributed by atoms with E-state index in [2.05, 4.69) is 5.32 Å². The van der Waals surface area contributed by atoms with Gasteiger partial charge in [-0.1, -0.05) is 12.1 Å². The summed E-state index contributed by atoms with van der Waals surface area (Å²) in [7, 11) is -11.0. The summed E-state index contributed by atoms with van der Waals surface area (Å²) in [6.45, 7) is 5.80. The molecule has 0 radical (unpaired) electrons. The number of unbranched alkanes of at least 4 members (excludes halogenated alkanes) is 1. The molecule has 0 spiro atoms. The lowest BCUT2D eigenvalue weighted by molar-refractivity contribution is -0.122. The number of benzene rings is 1. The molecule has 1 rings (SSSR count). The van der Waals surface area contributed by atoms with Gasteiger partial charge in [-0.15, -0.1) is 23.2 Å². The van der Waals surface area contributed by atoms with E-state index in [0.29, 0.717) is 11.3 Å². The van der Waals surface area contributed by atoms with Crippen LogP contribution in [0.3, 0.4) is 0 Å². The third-order valence-electron chi connectivity index (χ3n) is 6.07. The first-order valence-corrected chi connectivity index (χ1v) is 16.7. The Labute approximate surface area is 243 Å². The summed E-state index contributed by atoms with van der Waals surface area (Å²) in [6, 6.07) is 5.96. The average molecular weight is 651 g/mol. The van der Waals surface area contributed by atoms with Gasteiger partial charge in [0.1, 0.15) is 24.4 Å². The van der Waals surface area contributed by atoms with Crippen molar-refractivity contribution in [3.8, 4) is 0 Å². The molecule has 0 aliphatic heterocycles. The molecule has 0 heterocycles. The first-order chi connectivity index (χ1) is 18.2. The Kier molecular flexibility index (Phi) is 13.8. The van der Waals surface area contributed by atoms with Gasteiger partial charge >= 0.3 is 21.3 Å². The SMILES string of the molecule is CC(C)(C)OC(=O)[N+](CCCl)(CCCl)c1ccc(C[C@H](N)C(=O)NCCCCC(O)(P(=O)(O)O)P(=O)(O)O)cc1. The van der Waals surface area contributed by atoms with Crippen molar-refractivity contribution >= 4 is 56.1 Å². The number of nitrogens with zero attached hydrogens (tertiary/aromatic N) is 1. The second-order valence-corrected chi connectivity index (χ2v) is 15.1. The Morgan fingerprint density at radius 1 is 1.00 bits per heavy atom. The predicted molar refractivity (Wildman–Crippen MR) is 153 cm³/mol. The highest BCUT2D eigenvalue weighted by atomic mass is 35.5. The number of quaternary nitrogens is 1. The smallest absolute Gasteiger partial charge is 0.414 e. The second kappa shape index (κ2) is 14.9. The van der Waals surface area contributed by atoms with Crippen LogP contribution in [0.1, 0.15) is 45.6 Å². The number of halogens is 2. The number of alkyl halides is 2. The summed E-state index contributed by atoms with van der Waals surface area (Å²) in [5, 5.41) is 8.94. The van der Waals surface area contributed by atoms with E-state index < -0.39 is 50.3 Å². The lowest BCUT2D eigenvalue weighted by Gasteiger charge is -2.35.